The Morgan fingerprint density at radius 3 is 2.33 bits per heavy atom. The molecule has 0 aromatic heterocycles. The Morgan fingerprint density at radius 1 is 1.22 bits per heavy atom. The zero-order chi connectivity index (χ0) is 13.5. The van der Waals surface area contributed by atoms with E-state index in [0.29, 0.717) is 0 Å². The van der Waals surface area contributed by atoms with Crippen LogP contribution in [0.2, 0.25) is 0 Å². The molecule has 0 saturated heterocycles. The molecular formula is C15H26N2O. The molecule has 1 aromatic rings. The summed E-state index contributed by atoms with van der Waals surface area (Å²) in [5.41, 5.74) is 8.32. The monoisotopic (exact) mass is 250 g/mol. The second kappa shape index (κ2) is 7.52. The van der Waals surface area contributed by atoms with Crippen LogP contribution >= 0.6 is 0 Å². The molecule has 1 atom stereocenters. The summed E-state index contributed by atoms with van der Waals surface area (Å²) in [4.78, 5) is 0. The fourth-order valence-electron chi connectivity index (χ4n) is 2.39. The van der Waals surface area contributed by atoms with Gasteiger partial charge in [-0.3, -0.25) is 11.3 Å². The summed E-state index contributed by atoms with van der Waals surface area (Å²) in [6.45, 7) is 10.0. The van der Waals surface area contributed by atoms with Gasteiger partial charge in [0.1, 0.15) is 0 Å². The molecule has 18 heavy (non-hydrogen) atoms. The molecular weight excluding hydrogens is 224 g/mol. The number of aryl methyl sites for hydroxylation is 3. The van der Waals surface area contributed by atoms with Gasteiger partial charge in [-0.25, -0.2) is 0 Å². The van der Waals surface area contributed by atoms with Crippen molar-refractivity contribution >= 4 is 0 Å². The number of hydrogen-bond acceptors (Lipinski definition) is 3. The van der Waals surface area contributed by atoms with Crippen LogP contribution in [0.5, 0.6) is 0 Å². The molecule has 3 nitrogen and oxygen atoms in total. The minimum absolute atomic E-state index is 0.275. The van der Waals surface area contributed by atoms with Crippen LogP contribution in [0.4, 0.5) is 0 Å². The van der Waals surface area contributed by atoms with Crippen LogP contribution in [0.1, 0.15) is 35.6 Å². The third-order valence-corrected chi connectivity index (χ3v) is 3.34. The van der Waals surface area contributed by atoms with Crippen molar-refractivity contribution in [3.63, 3.8) is 0 Å². The second-order valence-corrected chi connectivity index (χ2v) is 4.93. The molecule has 0 aliphatic carbocycles. The van der Waals surface area contributed by atoms with Gasteiger partial charge in [0, 0.05) is 19.3 Å². The molecule has 0 bridgehead atoms. The summed E-state index contributed by atoms with van der Waals surface area (Å²) in [5, 5.41) is 0. The van der Waals surface area contributed by atoms with Gasteiger partial charge in [-0.2, -0.15) is 0 Å². The number of hydrazine groups is 1. The molecule has 0 aliphatic heterocycles. The van der Waals surface area contributed by atoms with Gasteiger partial charge in [-0.15, -0.1) is 0 Å². The molecule has 1 aromatic carbocycles. The zero-order valence-corrected chi connectivity index (χ0v) is 12.0. The lowest BCUT2D eigenvalue weighted by Gasteiger charge is -2.19. The van der Waals surface area contributed by atoms with E-state index in [1.165, 1.54) is 22.3 Å². The quantitative estimate of drug-likeness (QED) is 0.444. The van der Waals surface area contributed by atoms with Gasteiger partial charge in [0.05, 0.1) is 0 Å². The van der Waals surface area contributed by atoms with Crippen LogP contribution in [-0.4, -0.2) is 19.3 Å². The summed E-state index contributed by atoms with van der Waals surface area (Å²) in [5.74, 6) is 5.63. The molecule has 0 saturated carbocycles. The average Bonchev–Trinajstić information content (AvgIpc) is 2.31. The summed E-state index contributed by atoms with van der Waals surface area (Å²) in [7, 11) is 0. The van der Waals surface area contributed by atoms with E-state index in [9.17, 15) is 0 Å². The molecule has 3 heteroatoms. The third-order valence-electron chi connectivity index (χ3n) is 3.34. The zero-order valence-electron chi connectivity index (χ0n) is 12.0. The maximum atomic E-state index is 5.63. The van der Waals surface area contributed by atoms with Crippen molar-refractivity contribution in [2.75, 3.05) is 13.2 Å². The molecule has 0 radical (unpaired) electrons. The van der Waals surface area contributed by atoms with E-state index in [1.807, 2.05) is 6.92 Å². The van der Waals surface area contributed by atoms with Crippen LogP contribution in [-0.2, 0) is 11.2 Å². The van der Waals surface area contributed by atoms with Gasteiger partial charge in [0.25, 0.3) is 0 Å². The summed E-state index contributed by atoms with van der Waals surface area (Å²) in [6.07, 6.45) is 1.90. The first kappa shape index (κ1) is 15.2. The molecule has 0 fully saturated rings. The van der Waals surface area contributed by atoms with Crippen molar-refractivity contribution in [3.8, 4) is 0 Å². The highest BCUT2D eigenvalue weighted by Gasteiger charge is 2.11. The molecule has 0 heterocycles. The van der Waals surface area contributed by atoms with Crippen molar-refractivity contribution in [1.29, 1.82) is 0 Å². The lowest BCUT2D eigenvalue weighted by atomic mass is 9.94. The Balaban J connectivity index is 2.69. The normalized spacial score (nSPS) is 12.7. The van der Waals surface area contributed by atoms with Crippen LogP contribution in [0.3, 0.4) is 0 Å². The van der Waals surface area contributed by atoms with E-state index in [-0.39, 0.29) is 6.04 Å². The molecule has 0 amide bonds. The molecule has 3 N–H and O–H groups in total. The van der Waals surface area contributed by atoms with Gasteiger partial charge in [0.2, 0.25) is 0 Å². The Bertz CT molecular complexity index is 354. The lowest BCUT2D eigenvalue weighted by Crippen LogP contribution is -2.38. The van der Waals surface area contributed by atoms with Crippen molar-refractivity contribution in [2.45, 2.75) is 46.6 Å². The number of benzene rings is 1. The van der Waals surface area contributed by atoms with Crippen molar-refractivity contribution in [1.82, 2.24) is 5.43 Å². The number of hydrogen-bond donors (Lipinski definition) is 2. The Hall–Kier alpha value is -0.900. The van der Waals surface area contributed by atoms with Crippen molar-refractivity contribution < 1.29 is 4.74 Å². The largest absolute Gasteiger partial charge is 0.382 e. The maximum Gasteiger partial charge on any atom is 0.0481 e. The standard InChI is InChI=1S/C15H26N2O/c1-5-18-7-6-14(17-16)10-15-12(3)8-11(2)9-13(15)4/h8-9,14,17H,5-7,10,16H2,1-4H3. The fourth-order valence-corrected chi connectivity index (χ4v) is 2.39. The first-order chi connectivity index (χ1) is 8.58. The third kappa shape index (κ3) is 4.41. The predicted octanol–water partition coefficient (Wildman–Crippen LogP) is 2.41. The first-order valence-corrected chi connectivity index (χ1v) is 6.69. The van der Waals surface area contributed by atoms with Crippen molar-refractivity contribution in [3.05, 3.63) is 34.4 Å². The topological polar surface area (TPSA) is 47.3 Å². The number of nitrogens with two attached hydrogens (primary N) is 1. The fraction of sp³-hybridized carbons (Fsp3) is 0.600. The van der Waals surface area contributed by atoms with E-state index >= 15 is 0 Å². The summed E-state index contributed by atoms with van der Waals surface area (Å²) >= 11 is 0. The molecule has 1 rings (SSSR count). The lowest BCUT2D eigenvalue weighted by molar-refractivity contribution is 0.136. The van der Waals surface area contributed by atoms with E-state index in [0.717, 1.165) is 26.1 Å². The van der Waals surface area contributed by atoms with Crippen LogP contribution in [0, 0.1) is 20.8 Å². The van der Waals surface area contributed by atoms with E-state index in [1.54, 1.807) is 0 Å². The van der Waals surface area contributed by atoms with E-state index in [4.69, 9.17) is 10.6 Å². The van der Waals surface area contributed by atoms with Gasteiger partial charge < -0.3 is 4.74 Å². The SMILES string of the molecule is CCOCCC(Cc1c(C)cc(C)cc1C)NN. The molecule has 102 valence electrons. The van der Waals surface area contributed by atoms with Crippen molar-refractivity contribution in [2.24, 2.45) is 5.84 Å². The molecule has 1 unspecified atom stereocenters. The van der Waals surface area contributed by atoms with Gasteiger partial charge >= 0.3 is 0 Å². The second-order valence-electron chi connectivity index (χ2n) is 4.93. The number of ether oxygens (including phenoxy) is 1. The Labute approximate surface area is 111 Å². The number of nitrogens with one attached hydrogen (secondary N) is 1. The number of rotatable bonds is 7. The predicted molar refractivity (Wildman–Crippen MR) is 76.6 cm³/mol. The van der Waals surface area contributed by atoms with Crippen LogP contribution < -0.4 is 11.3 Å². The minimum Gasteiger partial charge on any atom is -0.382 e. The Morgan fingerprint density at radius 2 is 1.83 bits per heavy atom. The van der Waals surface area contributed by atoms with Gasteiger partial charge in [-0.05, 0) is 57.2 Å². The smallest absolute Gasteiger partial charge is 0.0481 e. The first-order valence-electron chi connectivity index (χ1n) is 6.69. The highest BCUT2D eigenvalue weighted by Crippen LogP contribution is 2.18. The van der Waals surface area contributed by atoms with Crippen LogP contribution in [0.25, 0.3) is 0 Å². The maximum absolute atomic E-state index is 5.63. The van der Waals surface area contributed by atoms with Gasteiger partial charge in [0.15, 0.2) is 0 Å². The van der Waals surface area contributed by atoms with E-state index in [2.05, 4.69) is 38.3 Å². The van der Waals surface area contributed by atoms with Gasteiger partial charge in [-0.1, -0.05) is 17.7 Å². The summed E-state index contributed by atoms with van der Waals surface area (Å²) < 4.78 is 5.39. The minimum atomic E-state index is 0.275. The van der Waals surface area contributed by atoms with E-state index < -0.39 is 0 Å². The Kier molecular flexibility index (Phi) is 6.33. The van der Waals surface area contributed by atoms with Crippen LogP contribution in [0.15, 0.2) is 12.1 Å². The average molecular weight is 250 g/mol. The summed E-state index contributed by atoms with van der Waals surface area (Å²) in [6, 6.07) is 4.74. The highest BCUT2D eigenvalue weighted by molar-refractivity contribution is 5.38. The highest BCUT2D eigenvalue weighted by atomic mass is 16.5. The molecule has 0 spiro atoms. The molecule has 0 aliphatic rings.